The van der Waals surface area contributed by atoms with Crippen molar-refractivity contribution in [2.24, 2.45) is 23.5 Å². The molecule has 4 atom stereocenters. The molecule has 104 valence electrons. The van der Waals surface area contributed by atoms with Gasteiger partial charge in [-0.2, -0.15) is 13.2 Å². The van der Waals surface area contributed by atoms with Crippen LogP contribution in [0.25, 0.3) is 0 Å². The average Bonchev–Trinajstić information content (AvgIpc) is 2.83. The summed E-state index contributed by atoms with van der Waals surface area (Å²) in [6.07, 6.45) is 3.10. The van der Waals surface area contributed by atoms with E-state index in [2.05, 4.69) is 5.32 Å². The van der Waals surface area contributed by atoms with Crippen LogP contribution >= 0.6 is 11.8 Å². The topological polar surface area (TPSA) is 55.1 Å². The van der Waals surface area contributed by atoms with Gasteiger partial charge in [0.25, 0.3) is 0 Å². The van der Waals surface area contributed by atoms with Gasteiger partial charge >= 0.3 is 5.51 Å². The van der Waals surface area contributed by atoms with Gasteiger partial charge in [-0.05, 0) is 42.9 Å². The van der Waals surface area contributed by atoms with Gasteiger partial charge in [0.15, 0.2) is 0 Å². The third kappa shape index (κ3) is 3.12. The van der Waals surface area contributed by atoms with Gasteiger partial charge in [-0.25, -0.2) is 0 Å². The largest absolute Gasteiger partial charge is 0.441 e. The molecule has 3 N–H and O–H groups in total. The van der Waals surface area contributed by atoms with Crippen molar-refractivity contribution < 1.29 is 18.0 Å². The fourth-order valence-electron chi connectivity index (χ4n) is 3.18. The summed E-state index contributed by atoms with van der Waals surface area (Å²) in [7, 11) is 0. The van der Waals surface area contributed by atoms with Gasteiger partial charge in [0, 0.05) is 18.3 Å². The molecule has 2 rings (SSSR count). The Bertz CT molecular complexity index is 322. The summed E-state index contributed by atoms with van der Waals surface area (Å²) in [5, 5.41) is 2.57. The van der Waals surface area contributed by atoms with Crippen molar-refractivity contribution in [3.63, 3.8) is 0 Å². The smallest absolute Gasteiger partial charge is 0.355 e. The number of nitrogens with one attached hydrogen (secondary N) is 1. The highest BCUT2D eigenvalue weighted by Gasteiger charge is 2.48. The van der Waals surface area contributed by atoms with Crippen LogP contribution in [0, 0.1) is 17.8 Å². The number of halogens is 3. The summed E-state index contributed by atoms with van der Waals surface area (Å²) in [5.41, 5.74) is 1.76. The highest BCUT2D eigenvalue weighted by molar-refractivity contribution is 8.00. The van der Waals surface area contributed by atoms with Crippen LogP contribution in [0.3, 0.4) is 0 Å². The van der Waals surface area contributed by atoms with E-state index in [1.54, 1.807) is 0 Å². The number of hydrogen-bond acceptors (Lipinski definition) is 3. The lowest BCUT2D eigenvalue weighted by Crippen LogP contribution is -2.45. The molecule has 0 aliphatic heterocycles. The van der Waals surface area contributed by atoms with Gasteiger partial charge in [-0.15, -0.1) is 0 Å². The number of hydrogen-bond donors (Lipinski definition) is 2. The third-order valence-corrected chi connectivity index (χ3v) is 4.69. The summed E-state index contributed by atoms with van der Waals surface area (Å²) < 4.78 is 35.7. The molecule has 18 heavy (non-hydrogen) atoms. The SMILES string of the molecule is NC1C2CCC(C2)C1C(=O)NCCSC(F)(F)F. The number of thioether (sulfide) groups is 1. The van der Waals surface area contributed by atoms with Gasteiger partial charge in [0.05, 0.1) is 5.92 Å². The maximum absolute atomic E-state index is 11.9. The Kier molecular flexibility index (Phi) is 4.11. The third-order valence-electron chi connectivity index (χ3n) is 3.95. The van der Waals surface area contributed by atoms with Crippen molar-refractivity contribution >= 4 is 17.7 Å². The van der Waals surface area contributed by atoms with E-state index in [4.69, 9.17) is 5.73 Å². The number of rotatable bonds is 4. The number of amides is 1. The molecule has 2 aliphatic carbocycles. The maximum Gasteiger partial charge on any atom is 0.441 e. The molecule has 0 saturated heterocycles. The first kappa shape index (κ1) is 14.0. The first-order chi connectivity index (χ1) is 8.38. The minimum absolute atomic E-state index is 0.0453. The molecule has 2 fully saturated rings. The Morgan fingerprint density at radius 2 is 2.00 bits per heavy atom. The lowest BCUT2D eigenvalue weighted by atomic mass is 9.84. The summed E-state index contributed by atoms with van der Waals surface area (Å²) in [4.78, 5) is 11.9. The summed E-state index contributed by atoms with van der Waals surface area (Å²) in [6.45, 7) is 0.0453. The highest BCUT2D eigenvalue weighted by atomic mass is 32.2. The van der Waals surface area contributed by atoms with Crippen LogP contribution in [0.5, 0.6) is 0 Å². The summed E-state index contributed by atoms with van der Waals surface area (Å²) in [5.74, 6) is 0.248. The van der Waals surface area contributed by atoms with Crippen LogP contribution < -0.4 is 11.1 Å². The van der Waals surface area contributed by atoms with Crippen molar-refractivity contribution in [3.05, 3.63) is 0 Å². The van der Waals surface area contributed by atoms with E-state index in [-0.39, 0.29) is 41.9 Å². The lowest BCUT2D eigenvalue weighted by Gasteiger charge is -2.27. The molecule has 7 heteroatoms. The van der Waals surface area contributed by atoms with Crippen molar-refractivity contribution in [1.29, 1.82) is 0 Å². The zero-order valence-electron chi connectivity index (χ0n) is 9.87. The fourth-order valence-corrected chi connectivity index (χ4v) is 3.62. The molecule has 3 nitrogen and oxygen atoms in total. The van der Waals surface area contributed by atoms with Gasteiger partial charge in [0.2, 0.25) is 5.91 Å². The van der Waals surface area contributed by atoms with Crippen LogP contribution in [0.1, 0.15) is 19.3 Å². The van der Waals surface area contributed by atoms with Crippen LogP contribution in [0.2, 0.25) is 0 Å². The van der Waals surface area contributed by atoms with E-state index < -0.39 is 5.51 Å². The summed E-state index contributed by atoms with van der Waals surface area (Å²) >= 11 is -0.112. The normalized spacial score (nSPS) is 34.9. The Hall–Kier alpha value is -0.430. The molecule has 2 saturated carbocycles. The fraction of sp³-hybridized carbons (Fsp3) is 0.909. The van der Waals surface area contributed by atoms with E-state index >= 15 is 0 Å². The first-order valence-corrected chi connectivity index (χ1v) is 7.11. The second-order valence-corrected chi connectivity index (χ2v) is 6.18. The molecule has 0 spiro atoms. The molecule has 2 bridgehead atoms. The van der Waals surface area contributed by atoms with Gasteiger partial charge in [-0.3, -0.25) is 4.79 Å². The molecule has 2 aliphatic rings. The van der Waals surface area contributed by atoms with Crippen LogP contribution in [-0.4, -0.2) is 29.8 Å². The van der Waals surface area contributed by atoms with E-state index in [1.165, 1.54) is 0 Å². The monoisotopic (exact) mass is 282 g/mol. The second-order valence-electron chi connectivity index (χ2n) is 5.02. The highest BCUT2D eigenvalue weighted by Crippen LogP contribution is 2.47. The predicted octanol–water partition coefficient (Wildman–Crippen LogP) is 1.73. The summed E-state index contributed by atoms with van der Waals surface area (Å²) in [6, 6.07) is -0.112. The number of carbonyl (C=O) groups excluding carboxylic acids is 1. The van der Waals surface area contributed by atoms with Crippen LogP contribution in [0.4, 0.5) is 13.2 Å². The molecular formula is C11H17F3N2OS. The quantitative estimate of drug-likeness (QED) is 0.772. The lowest BCUT2D eigenvalue weighted by molar-refractivity contribution is -0.126. The second kappa shape index (κ2) is 5.28. The Morgan fingerprint density at radius 3 is 2.56 bits per heavy atom. The molecule has 0 aromatic rings. The Morgan fingerprint density at radius 1 is 1.33 bits per heavy atom. The van der Waals surface area contributed by atoms with Crippen molar-refractivity contribution in [3.8, 4) is 0 Å². The molecule has 0 heterocycles. The predicted molar refractivity (Wildman–Crippen MR) is 63.8 cm³/mol. The van der Waals surface area contributed by atoms with Crippen LogP contribution in [-0.2, 0) is 4.79 Å². The van der Waals surface area contributed by atoms with Gasteiger partial charge in [0.1, 0.15) is 0 Å². The minimum atomic E-state index is -4.23. The van der Waals surface area contributed by atoms with Crippen molar-refractivity contribution in [2.75, 3.05) is 12.3 Å². The van der Waals surface area contributed by atoms with E-state index in [0.29, 0.717) is 11.8 Å². The van der Waals surface area contributed by atoms with Crippen LogP contribution in [0.15, 0.2) is 0 Å². The standard InChI is InChI=1S/C11H17F3N2OS/c12-11(13,14)18-4-3-16-10(17)8-6-1-2-7(5-6)9(8)15/h6-9H,1-5,15H2,(H,16,17). The van der Waals surface area contributed by atoms with Gasteiger partial charge < -0.3 is 11.1 Å². The minimum Gasteiger partial charge on any atom is -0.355 e. The van der Waals surface area contributed by atoms with E-state index in [9.17, 15) is 18.0 Å². The Labute approximate surface area is 108 Å². The molecule has 0 aromatic heterocycles. The number of fused-ring (bicyclic) bond motifs is 2. The Balaban J connectivity index is 1.72. The number of alkyl halides is 3. The number of nitrogens with two attached hydrogens (primary N) is 1. The zero-order valence-corrected chi connectivity index (χ0v) is 10.7. The molecule has 1 amide bonds. The molecule has 0 aromatic carbocycles. The van der Waals surface area contributed by atoms with Gasteiger partial charge in [-0.1, -0.05) is 0 Å². The van der Waals surface area contributed by atoms with E-state index in [1.807, 2.05) is 0 Å². The van der Waals surface area contributed by atoms with E-state index in [0.717, 1.165) is 19.3 Å². The average molecular weight is 282 g/mol. The zero-order chi connectivity index (χ0) is 13.3. The molecule has 0 radical (unpaired) electrons. The molecular weight excluding hydrogens is 265 g/mol. The molecule has 4 unspecified atom stereocenters. The van der Waals surface area contributed by atoms with Crippen molar-refractivity contribution in [1.82, 2.24) is 5.32 Å². The maximum atomic E-state index is 11.9. The first-order valence-electron chi connectivity index (χ1n) is 6.12. The number of carbonyl (C=O) groups is 1. The van der Waals surface area contributed by atoms with Crippen molar-refractivity contribution in [2.45, 2.75) is 30.8 Å².